The van der Waals surface area contributed by atoms with Crippen LogP contribution in [0.2, 0.25) is 0 Å². The second-order valence-corrected chi connectivity index (χ2v) is 16.8. The van der Waals surface area contributed by atoms with E-state index in [0.717, 1.165) is 16.8 Å². The lowest BCUT2D eigenvalue weighted by Gasteiger charge is -2.51. The fraction of sp³-hybridized carbons (Fsp3) is 0.364. The molecule has 2 aliphatic rings. The normalized spacial score (nSPS) is 22.6. The number of β-lactam (4-membered cyclic amide) rings is 1. The molecule has 3 atom stereocenters. The van der Waals surface area contributed by atoms with E-state index in [1.807, 2.05) is 13.8 Å². The monoisotopic (exact) mass is 611 g/mol. The summed E-state index contributed by atoms with van der Waals surface area (Å²) >= 11 is 6.35. The molecule has 2 aliphatic heterocycles. The van der Waals surface area contributed by atoms with Crippen LogP contribution in [0.5, 0.6) is 0 Å². The number of ketones is 1. The number of carbonyl (C=O) groups excluding carboxylic acids is 2. The minimum atomic E-state index is -3.92. The van der Waals surface area contributed by atoms with Crippen molar-refractivity contribution in [2.75, 3.05) is 11.5 Å². The van der Waals surface area contributed by atoms with Crippen LogP contribution < -0.4 is 0 Å². The Kier molecular flexibility index (Phi) is 7.80. The summed E-state index contributed by atoms with van der Waals surface area (Å²) in [5, 5.41) is 16.0. The van der Waals surface area contributed by atoms with Crippen LogP contribution in [0, 0.1) is 13.8 Å². The zero-order valence-corrected chi connectivity index (χ0v) is 24.8. The molecule has 3 unspecified atom stereocenters. The molecule has 194 valence electrons. The maximum atomic E-state index is 14.1. The lowest BCUT2D eigenvalue weighted by atomic mass is 10.00. The summed E-state index contributed by atoms with van der Waals surface area (Å²) in [6, 6.07) is 8.63. The summed E-state index contributed by atoms with van der Waals surface area (Å²) in [6.45, 7) is 5.51. The highest BCUT2D eigenvalue weighted by Gasteiger charge is 2.63. The lowest BCUT2D eigenvalue weighted by molar-refractivity contribution is -0.137. The van der Waals surface area contributed by atoms with Gasteiger partial charge >= 0.3 is 0 Å². The van der Waals surface area contributed by atoms with Gasteiger partial charge in [0, 0.05) is 11.3 Å². The Morgan fingerprint density at radius 2 is 1.68 bits per heavy atom. The highest BCUT2D eigenvalue weighted by Crippen LogP contribution is 2.50. The summed E-state index contributed by atoms with van der Waals surface area (Å²) in [5.74, 6) is -0.00520. The zero-order chi connectivity index (χ0) is 26.3. The third-order valence-corrected chi connectivity index (χ3v) is 14.1. The Balaban J connectivity index is 1.67. The van der Waals surface area contributed by atoms with E-state index < -0.39 is 25.0 Å². The molecule has 0 radical (unpaired) electrons. The molecular weight excluding hydrogens is 591 g/mol. The Bertz CT molecular complexity index is 1490. The number of aryl methyl sites for hydroxylation is 2. The number of allylic oxidation sites excluding steroid dienone is 1. The van der Waals surface area contributed by atoms with Gasteiger partial charge in [-0.2, -0.15) is 0 Å². The topological polar surface area (TPSA) is 123 Å². The van der Waals surface area contributed by atoms with Gasteiger partial charge in [0.25, 0.3) is 0 Å². The van der Waals surface area contributed by atoms with Gasteiger partial charge in [-0.25, -0.2) is 8.42 Å². The minimum absolute atomic E-state index is 0.136. The largest absolute Gasteiger partial charge is 0.288 e. The van der Waals surface area contributed by atoms with Gasteiger partial charge in [-0.3, -0.25) is 14.5 Å². The van der Waals surface area contributed by atoms with Crippen molar-refractivity contribution in [3.8, 4) is 0 Å². The van der Waals surface area contributed by atoms with E-state index in [1.165, 1.54) is 51.1 Å². The number of fused-ring (bicyclic) bond motifs is 1. The number of hydrogen-bond donors (Lipinski definition) is 0. The fourth-order valence-corrected chi connectivity index (χ4v) is 12.8. The minimum Gasteiger partial charge on any atom is -0.288 e. The van der Waals surface area contributed by atoms with E-state index in [-0.39, 0.29) is 23.1 Å². The molecule has 0 aliphatic carbocycles. The van der Waals surface area contributed by atoms with Gasteiger partial charge in [-0.05, 0) is 25.2 Å². The molecule has 2 aromatic heterocycles. The molecule has 4 heterocycles. The van der Waals surface area contributed by atoms with Crippen LogP contribution in [0.4, 0.5) is 0 Å². The number of nitrogens with zero attached hydrogens (tertiary/aromatic N) is 5. The third kappa shape index (κ3) is 5.01. The SMILES string of the molecule is CCSC1C(=O)N2C(C(=O)c3ccccc3)=C(CSc3nnc(C)s3)C(Sc3nnc(C)s3)S(=O)(=O)C12. The highest BCUT2D eigenvalue weighted by atomic mass is 32.3. The summed E-state index contributed by atoms with van der Waals surface area (Å²) in [6.07, 6.45) is 0. The molecule has 9 nitrogen and oxygen atoms in total. The Hall–Kier alpha value is -1.78. The molecular formula is C22H21N5O4S6. The maximum absolute atomic E-state index is 14.1. The average Bonchev–Trinajstić information content (AvgIpc) is 3.49. The van der Waals surface area contributed by atoms with E-state index in [9.17, 15) is 18.0 Å². The molecule has 3 aromatic rings. The lowest BCUT2D eigenvalue weighted by Crippen LogP contribution is -2.70. The summed E-state index contributed by atoms with van der Waals surface area (Å²) in [7, 11) is -3.92. The van der Waals surface area contributed by atoms with Crippen LogP contribution >= 0.6 is 58.0 Å². The molecule has 1 fully saturated rings. The van der Waals surface area contributed by atoms with E-state index in [2.05, 4.69) is 20.4 Å². The van der Waals surface area contributed by atoms with Gasteiger partial charge in [0.1, 0.15) is 19.8 Å². The average molecular weight is 612 g/mol. The second kappa shape index (κ2) is 10.8. The first-order valence-electron chi connectivity index (χ1n) is 11.1. The molecule has 15 heteroatoms. The summed E-state index contributed by atoms with van der Waals surface area (Å²) in [4.78, 5) is 28.4. The van der Waals surface area contributed by atoms with Crippen LogP contribution in [0.15, 0.2) is 50.3 Å². The van der Waals surface area contributed by atoms with Gasteiger partial charge < -0.3 is 0 Å². The van der Waals surface area contributed by atoms with Gasteiger partial charge in [-0.1, -0.05) is 83.5 Å². The first kappa shape index (κ1) is 26.8. The number of rotatable bonds is 9. The van der Waals surface area contributed by atoms with Crippen molar-refractivity contribution in [2.45, 2.75) is 44.7 Å². The molecule has 0 spiro atoms. The van der Waals surface area contributed by atoms with Gasteiger partial charge in [-0.15, -0.1) is 32.2 Å². The smallest absolute Gasteiger partial charge is 0.244 e. The molecule has 0 bridgehead atoms. The number of Topliss-reactive ketones (excluding diaryl/α,β-unsaturated/α-hetero) is 1. The van der Waals surface area contributed by atoms with Crippen LogP contribution in [0.1, 0.15) is 27.3 Å². The molecule has 0 saturated carbocycles. The van der Waals surface area contributed by atoms with Crippen molar-refractivity contribution in [3.63, 3.8) is 0 Å². The quantitative estimate of drug-likeness (QED) is 0.198. The van der Waals surface area contributed by atoms with Crippen molar-refractivity contribution in [3.05, 3.63) is 57.2 Å². The van der Waals surface area contributed by atoms with E-state index >= 15 is 0 Å². The van der Waals surface area contributed by atoms with E-state index in [1.54, 1.807) is 37.3 Å². The van der Waals surface area contributed by atoms with E-state index in [4.69, 9.17) is 0 Å². The van der Waals surface area contributed by atoms with Crippen LogP contribution in [-0.2, 0) is 14.6 Å². The number of sulfone groups is 1. The Morgan fingerprint density at radius 3 is 2.27 bits per heavy atom. The summed E-state index contributed by atoms with van der Waals surface area (Å²) < 4.78 is 28.2. The van der Waals surface area contributed by atoms with Gasteiger partial charge in [0.2, 0.25) is 11.7 Å². The maximum Gasteiger partial charge on any atom is 0.244 e. The first-order valence-corrected chi connectivity index (χ1v) is 17.3. The van der Waals surface area contributed by atoms with E-state index in [0.29, 0.717) is 30.6 Å². The number of thioether (sulfide) groups is 3. The van der Waals surface area contributed by atoms with Crippen molar-refractivity contribution in [2.24, 2.45) is 0 Å². The Morgan fingerprint density at radius 1 is 1.03 bits per heavy atom. The van der Waals surface area contributed by atoms with Gasteiger partial charge in [0.15, 0.2) is 23.9 Å². The van der Waals surface area contributed by atoms with Crippen molar-refractivity contribution >= 4 is 79.5 Å². The zero-order valence-electron chi connectivity index (χ0n) is 19.9. The molecule has 1 saturated heterocycles. The first-order chi connectivity index (χ1) is 17.7. The Labute approximate surface area is 234 Å². The van der Waals surface area contributed by atoms with Crippen molar-refractivity contribution in [1.29, 1.82) is 0 Å². The molecule has 1 amide bonds. The van der Waals surface area contributed by atoms with Crippen LogP contribution in [0.25, 0.3) is 0 Å². The van der Waals surface area contributed by atoms with Gasteiger partial charge in [0.05, 0.1) is 5.70 Å². The molecule has 5 rings (SSSR count). The number of benzene rings is 1. The summed E-state index contributed by atoms with van der Waals surface area (Å²) in [5.41, 5.74) is 0.880. The highest BCUT2D eigenvalue weighted by molar-refractivity contribution is 8.15. The van der Waals surface area contributed by atoms with Crippen molar-refractivity contribution < 1.29 is 18.0 Å². The number of hydrogen-bond acceptors (Lipinski definition) is 13. The second-order valence-electron chi connectivity index (χ2n) is 8.05. The number of aromatic nitrogens is 4. The number of carbonyl (C=O) groups is 2. The fourth-order valence-electron chi connectivity index (χ4n) is 4.07. The third-order valence-electron chi connectivity index (χ3n) is 5.63. The van der Waals surface area contributed by atoms with Crippen LogP contribution in [-0.4, -0.2) is 72.1 Å². The van der Waals surface area contributed by atoms with Crippen LogP contribution in [0.3, 0.4) is 0 Å². The predicted octanol–water partition coefficient (Wildman–Crippen LogP) is 4.07. The standard InChI is InChI=1S/C22H21N5O4S6/c1-4-32-17-18(29)27-15(16(28)13-8-6-5-7-9-13)14(10-33-21-25-23-11(2)34-21)20(37(30,31)19(17)27)36-22-26-24-12(3)35-22/h5-9,17,19-20H,4,10H2,1-3H3. The number of amides is 1. The molecule has 0 N–H and O–H groups in total. The molecule has 1 aromatic carbocycles. The predicted molar refractivity (Wildman–Crippen MR) is 149 cm³/mol. The molecule has 37 heavy (non-hydrogen) atoms. The van der Waals surface area contributed by atoms with Crippen molar-refractivity contribution in [1.82, 2.24) is 25.3 Å².